The van der Waals surface area contributed by atoms with Crippen LogP contribution in [0.1, 0.15) is 46.6 Å². The van der Waals surface area contributed by atoms with Crippen molar-refractivity contribution in [1.82, 2.24) is 25.8 Å². The molecule has 1 aromatic rings. The molecule has 0 bridgehead atoms. The van der Waals surface area contributed by atoms with Gasteiger partial charge in [0.05, 0.1) is 31.8 Å². The molecule has 0 aliphatic carbocycles. The Hall–Kier alpha value is -2.65. The molecule has 4 amide bonds. The number of rotatable bonds is 13. The van der Waals surface area contributed by atoms with E-state index in [1.807, 2.05) is 51.1 Å². The van der Waals surface area contributed by atoms with Crippen LogP contribution in [0.4, 0.5) is 4.79 Å². The fourth-order valence-corrected chi connectivity index (χ4v) is 3.37. The number of aliphatic hydroxyl groups excluding tert-OH is 1. The number of hydrogen-bond acceptors (Lipinski definition) is 5. The summed E-state index contributed by atoms with van der Waals surface area (Å²) >= 11 is 0. The largest absolute Gasteiger partial charge is 0.389 e. The Kier molecular flexibility index (Phi) is 12.7. The van der Waals surface area contributed by atoms with Gasteiger partial charge in [0.25, 0.3) is 0 Å². The van der Waals surface area contributed by atoms with Crippen molar-refractivity contribution in [2.45, 2.75) is 65.1 Å². The zero-order valence-corrected chi connectivity index (χ0v) is 22.4. The molecule has 0 saturated heterocycles. The van der Waals surface area contributed by atoms with Gasteiger partial charge in [0.15, 0.2) is 0 Å². The number of nitrogens with one attached hydrogen (secondary N) is 3. The second-order valence-electron chi connectivity index (χ2n) is 10.8. The molecule has 0 spiro atoms. The standard InChI is InChI=1S/C26H45N5O4/c1-19(2)13-14-31(25(35)29-26(3,4)5)17-22(32)21(15-20-11-9-8-10-12-20)28-23(33)16-27-24(34)18-30(6)7/h8-12,19,21-22,32H,13-18H2,1-7H3,(H,27,34)(H,28,33)(H,29,35)/t21-,22+/m0/s1. The minimum Gasteiger partial charge on any atom is -0.389 e. The van der Waals surface area contributed by atoms with Gasteiger partial charge in [0.2, 0.25) is 11.8 Å². The highest BCUT2D eigenvalue weighted by Crippen LogP contribution is 2.11. The third kappa shape index (κ3) is 13.7. The quantitative estimate of drug-likeness (QED) is 0.335. The van der Waals surface area contributed by atoms with Gasteiger partial charge in [0, 0.05) is 12.1 Å². The maximum atomic E-state index is 12.9. The predicted octanol–water partition coefficient (Wildman–Crippen LogP) is 1.61. The molecular weight excluding hydrogens is 446 g/mol. The number of urea groups is 1. The summed E-state index contributed by atoms with van der Waals surface area (Å²) in [6.45, 7) is 10.4. The van der Waals surface area contributed by atoms with Crippen LogP contribution in [0.5, 0.6) is 0 Å². The van der Waals surface area contributed by atoms with Crippen LogP contribution >= 0.6 is 0 Å². The minimum atomic E-state index is -1.01. The predicted molar refractivity (Wildman–Crippen MR) is 139 cm³/mol. The summed E-state index contributed by atoms with van der Waals surface area (Å²) in [4.78, 5) is 40.8. The Morgan fingerprint density at radius 3 is 2.20 bits per heavy atom. The van der Waals surface area contributed by atoms with Gasteiger partial charge in [-0.05, 0) is 59.2 Å². The molecule has 0 saturated carbocycles. The molecule has 0 unspecified atom stereocenters. The van der Waals surface area contributed by atoms with Crippen LogP contribution in [0.25, 0.3) is 0 Å². The lowest BCUT2D eigenvalue weighted by molar-refractivity contribution is -0.127. The lowest BCUT2D eigenvalue weighted by Crippen LogP contribution is -2.55. The van der Waals surface area contributed by atoms with E-state index >= 15 is 0 Å². The molecule has 9 heteroatoms. The zero-order valence-electron chi connectivity index (χ0n) is 22.4. The fraction of sp³-hybridized carbons (Fsp3) is 0.654. The van der Waals surface area contributed by atoms with E-state index in [9.17, 15) is 19.5 Å². The normalized spacial score (nSPS) is 13.3. The molecular formula is C26H45N5O4. The van der Waals surface area contributed by atoms with Crippen LogP contribution in [-0.2, 0) is 16.0 Å². The summed E-state index contributed by atoms with van der Waals surface area (Å²) in [7, 11) is 3.54. The second kappa shape index (κ2) is 14.7. The van der Waals surface area contributed by atoms with E-state index in [4.69, 9.17) is 0 Å². The molecule has 0 heterocycles. The van der Waals surface area contributed by atoms with E-state index in [1.165, 1.54) is 0 Å². The lowest BCUT2D eigenvalue weighted by atomic mass is 10.00. The van der Waals surface area contributed by atoms with Crippen LogP contribution in [-0.4, -0.2) is 90.7 Å². The van der Waals surface area contributed by atoms with Gasteiger partial charge < -0.3 is 30.9 Å². The molecule has 0 radical (unpaired) electrons. The molecule has 0 aliphatic heterocycles. The number of nitrogens with zero attached hydrogens (tertiary/aromatic N) is 2. The van der Waals surface area contributed by atoms with Gasteiger partial charge in [0.1, 0.15) is 0 Å². The van der Waals surface area contributed by atoms with Crippen molar-refractivity contribution in [2.75, 3.05) is 40.3 Å². The van der Waals surface area contributed by atoms with Gasteiger partial charge >= 0.3 is 6.03 Å². The molecule has 1 aromatic carbocycles. The van der Waals surface area contributed by atoms with Crippen LogP contribution in [0.3, 0.4) is 0 Å². The number of aliphatic hydroxyl groups is 1. The summed E-state index contributed by atoms with van der Waals surface area (Å²) in [5.74, 6) is -0.267. The highest BCUT2D eigenvalue weighted by molar-refractivity contribution is 5.85. The first kappa shape index (κ1) is 30.4. The van der Waals surface area contributed by atoms with Crippen molar-refractivity contribution in [3.05, 3.63) is 35.9 Å². The Balaban J connectivity index is 2.95. The van der Waals surface area contributed by atoms with Crippen LogP contribution in [0.2, 0.25) is 0 Å². The van der Waals surface area contributed by atoms with Crippen molar-refractivity contribution < 1.29 is 19.5 Å². The van der Waals surface area contributed by atoms with Gasteiger partial charge in [-0.3, -0.25) is 9.59 Å². The highest BCUT2D eigenvalue weighted by Gasteiger charge is 2.27. The minimum absolute atomic E-state index is 0.0689. The molecule has 4 N–H and O–H groups in total. The van der Waals surface area contributed by atoms with Gasteiger partial charge in [-0.2, -0.15) is 0 Å². The summed E-state index contributed by atoms with van der Waals surface area (Å²) in [6, 6.07) is 8.65. The average Bonchev–Trinajstić information content (AvgIpc) is 2.73. The first-order valence-electron chi connectivity index (χ1n) is 12.3. The second-order valence-corrected chi connectivity index (χ2v) is 10.8. The Morgan fingerprint density at radius 2 is 1.66 bits per heavy atom. The lowest BCUT2D eigenvalue weighted by Gasteiger charge is -2.33. The van der Waals surface area contributed by atoms with Crippen LogP contribution in [0.15, 0.2) is 30.3 Å². The van der Waals surface area contributed by atoms with E-state index in [0.717, 1.165) is 12.0 Å². The smallest absolute Gasteiger partial charge is 0.317 e. The molecule has 35 heavy (non-hydrogen) atoms. The van der Waals surface area contributed by atoms with Crippen LogP contribution < -0.4 is 16.0 Å². The Labute approximate surface area is 210 Å². The summed E-state index contributed by atoms with van der Waals surface area (Å²) in [5, 5.41) is 19.6. The van der Waals surface area contributed by atoms with Gasteiger partial charge in [-0.25, -0.2) is 4.79 Å². The van der Waals surface area contributed by atoms with E-state index in [2.05, 4.69) is 29.8 Å². The monoisotopic (exact) mass is 491 g/mol. The number of amides is 4. The maximum Gasteiger partial charge on any atom is 0.317 e. The van der Waals surface area contributed by atoms with E-state index in [1.54, 1.807) is 23.9 Å². The number of carbonyl (C=O) groups excluding carboxylic acids is 3. The van der Waals surface area contributed by atoms with E-state index in [-0.39, 0.29) is 31.6 Å². The van der Waals surface area contributed by atoms with E-state index < -0.39 is 23.6 Å². The first-order valence-corrected chi connectivity index (χ1v) is 12.3. The van der Waals surface area contributed by atoms with Crippen LogP contribution in [0, 0.1) is 5.92 Å². The molecule has 9 nitrogen and oxygen atoms in total. The zero-order chi connectivity index (χ0) is 26.6. The topological polar surface area (TPSA) is 114 Å². The third-order valence-electron chi connectivity index (χ3n) is 5.17. The molecule has 1 rings (SSSR count). The first-order chi connectivity index (χ1) is 16.3. The molecule has 198 valence electrons. The van der Waals surface area contributed by atoms with Gasteiger partial charge in [-0.15, -0.1) is 0 Å². The van der Waals surface area contributed by atoms with E-state index in [0.29, 0.717) is 18.9 Å². The molecule has 0 fully saturated rings. The fourth-order valence-electron chi connectivity index (χ4n) is 3.37. The third-order valence-corrected chi connectivity index (χ3v) is 5.17. The SMILES string of the molecule is CC(C)CCN(C[C@@H](O)[C@H](Cc1ccccc1)NC(=O)CNC(=O)CN(C)C)C(=O)NC(C)(C)C. The van der Waals surface area contributed by atoms with Crippen molar-refractivity contribution in [1.29, 1.82) is 0 Å². The van der Waals surface area contributed by atoms with Crippen molar-refractivity contribution in [3.8, 4) is 0 Å². The summed E-state index contributed by atoms with van der Waals surface area (Å²) in [6.07, 6.45) is 0.172. The van der Waals surface area contributed by atoms with Crippen molar-refractivity contribution in [2.24, 2.45) is 5.92 Å². The average molecular weight is 492 g/mol. The Morgan fingerprint density at radius 1 is 1.03 bits per heavy atom. The number of carbonyl (C=O) groups is 3. The number of benzene rings is 1. The molecule has 0 aliphatic rings. The molecule has 0 aromatic heterocycles. The molecule has 2 atom stereocenters. The maximum absolute atomic E-state index is 12.9. The summed E-state index contributed by atoms with van der Waals surface area (Å²) in [5.41, 5.74) is 0.530. The Bertz CT molecular complexity index is 793. The summed E-state index contributed by atoms with van der Waals surface area (Å²) < 4.78 is 0. The van der Waals surface area contributed by atoms with Gasteiger partial charge in [-0.1, -0.05) is 44.2 Å². The number of hydrogen-bond donors (Lipinski definition) is 4. The van der Waals surface area contributed by atoms with Crippen molar-refractivity contribution in [3.63, 3.8) is 0 Å². The highest BCUT2D eigenvalue weighted by atomic mass is 16.3. The van der Waals surface area contributed by atoms with Crippen molar-refractivity contribution >= 4 is 17.8 Å². The number of likely N-dealkylation sites (N-methyl/N-ethyl adjacent to an activating group) is 1.